The molecular weight excluding hydrogens is 212 g/mol. The van der Waals surface area contributed by atoms with Gasteiger partial charge in [0, 0.05) is 13.1 Å². The quantitative estimate of drug-likeness (QED) is 0.818. The lowest BCUT2D eigenvalue weighted by Crippen LogP contribution is -2.47. The molecule has 0 aromatic heterocycles. The molecule has 2 unspecified atom stereocenters. The first-order chi connectivity index (χ1) is 8.02. The normalized spacial score (nSPS) is 23.2. The molecule has 0 spiro atoms. The first-order valence-electron chi connectivity index (χ1n) is 7.02. The number of rotatable bonds is 4. The lowest BCUT2D eigenvalue weighted by Gasteiger charge is -2.30. The summed E-state index contributed by atoms with van der Waals surface area (Å²) in [6.07, 6.45) is 5.71. The molecule has 1 aliphatic heterocycles. The van der Waals surface area contributed by atoms with E-state index in [2.05, 4.69) is 26.1 Å². The summed E-state index contributed by atoms with van der Waals surface area (Å²) in [5.41, 5.74) is 0. The predicted molar refractivity (Wildman–Crippen MR) is 71.9 cm³/mol. The van der Waals surface area contributed by atoms with Crippen molar-refractivity contribution in [1.82, 2.24) is 10.2 Å². The van der Waals surface area contributed by atoms with Crippen LogP contribution in [0.5, 0.6) is 0 Å². The first kappa shape index (κ1) is 14.5. The largest absolute Gasteiger partial charge is 0.342 e. The number of amides is 1. The van der Waals surface area contributed by atoms with Crippen LogP contribution in [0.2, 0.25) is 0 Å². The molecule has 100 valence electrons. The van der Waals surface area contributed by atoms with E-state index in [4.69, 9.17) is 0 Å². The minimum Gasteiger partial charge on any atom is -0.342 e. The van der Waals surface area contributed by atoms with Gasteiger partial charge in [0.1, 0.15) is 0 Å². The third kappa shape index (κ3) is 4.66. The lowest BCUT2D eigenvalue weighted by molar-refractivity contribution is -0.134. The minimum atomic E-state index is 0.0529. The van der Waals surface area contributed by atoms with Crippen LogP contribution < -0.4 is 5.32 Å². The number of hydrogen-bond acceptors (Lipinski definition) is 2. The Balaban J connectivity index is 2.49. The van der Waals surface area contributed by atoms with Crippen LogP contribution in [0.25, 0.3) is 0 Å². The molecule has 1 rings (SSSR count). The Morgan fingerprint density at radius 2 is 2.00 bits per heavy atom. The first-order valence-corrected chi connectivity index (χ1v) is 7.02. The fourth-order valence-electron chi connectivity index (χ4n) is 2.54. The third-order valence-corrected chi connectivity index (χ3v) is 3.68. The zero-order chi connectivity index (χ0) is 12.8. The van der Waals surface area contributed by atoms with Crippen molar-refractivity contribution < 1.29 is 4.79 Å². The second-order valence-corrected chi connectivity index (χ2v) is 5.78. The van der Waals surface area contributed by atoms with Gasteiger partial charge in [0.25, 0.3) is 0 Å². The van der Waals surface area contributed by atoms with Crippen molar-refractivity contribution in [3.8, 4) is 0 Å². The van der Waals surface area contributed by atoms with E-state index in [1.165, 1.54) is 19.3 Å². The predicted octanol–water partition coefficient (Wildman–Crippen LogP) is 2.41. The molecule has 17 heavy (non-hydrogen) atoms. The molecule has 0 bridgehead atoms. The number of nitrogens with one attached hydrogen (secondary N) is 1. The van der Waals surface area contributed by atoms with Crippen LogP contribution in [0.4, 0.5) is 0 Å². The molecule has 1 saturated heterocycles. The highest BCUT2D eigenvalue weighted by atomic mass is 16.2. The number of hydrogen-bond donors (Lipinski definition) is 1. The van der Waals surface area contributed by atoms with E-state index in [0.29, 0.717) is 12.0 Å². The topological polar surface area (TPSA) is 32.3 Å². The van der Waals surface area contributed by atoms with Gasteiger partial charge in [-0.25, -0.2) is 0 Å². The molecule has 1 N–H and O–H groups in total. The highest BCUT2D eigenvalue weighted by Gasteiger charge is 2.25. The Morgan fingerprint density at radius 1 is 1.29 bits per heavy atom. The maximum atomic E-state index is 12.3. The number of nitrogens with zero attached hydrogens (tertiary/aromatic N) is 1. The maximum Gasteiger partial charge on any atom is 0.239 e. The van der Waals surface area contributed by atoms with Crippen LogP contribution in [0.3, 0.4) is 0 Å². The van der Waals surface area contributed by atoms with Gasteiger partial charge in [-0.1, -0.05) is 26.7 Å². The van der Waals surface area contributed by atoms with Gasteiger partial charge in [0.15, 0.2) is 0 Å². The van der Waals surface area contributed by atoms with E-state index < -0.39 is 0 Å². The summed E-state index contributed by atoms with van der Waals surface area (Å²) in [7, 11) is 1.95. The van der Waals surface area contributed by atoms with Crippen LogP contribution in [0.15, 0.2) is 0 Å². The summed E-state index contributed by atoms with van der Waals surface area (Å²) in [6, 6.07) is 0.393. The average molecular weight is 240 g/mol. The van der Waals surface area contributed by atoms with E-state index in [9.17, 15) is 4.79 Å². The Kier molecular flexibility index (Phi) is 5.96. The van der Waals surface area contributed by atoms with Crippen molar-refractivity contribution in [1.29, 1.82) is 0 Å². The maximum absolute atomic E-state index is 12.3. The van der Waals surface area contributed by atoms with Crippen molar-refractivity contribution in [3.05, 3.63) is 0 Å². The molecule has 1 amide bonds. The number of carbonyl (C=O) groups excluding carboxylic acids is 1. The summed E-state index contributed by atoms with van der Waals surface area (Å²) in [5, 5.41) is 3.38. The van der Waals surface area contributed by atoms with Crippen molar-refractivity contribution in [2.75, 3.05) is 13.6 Å². The van der Waals surface area contributed by atoms with Crippen molar-refractivity contribution in [2.45, 2.75) is 65.0 Å². The Labute approximate surface area is 106 Å². The second-order valence-electron chi connectivity index (χ2n) is 5.78. The van der Waals surface area contributed by atoms with Gasteiger partial charge in [-0.05, 0) is 38.6 Å². The second kappa shape index (κ2) is 7.00. The molecule has 0 aromatic rings. The fraction of sp³-hybridized carbons (Fsp3) is 0.929. The van der Waals surface area contributed by atoms with Gasteiger partial charge in [-0.3, -0.25) is 4.79 Å². The van der Waals surface area contributed by atoms with Crippen LogP contribution in [-0.2, 0) is 4.79 Å². The van der Waals surface area contributed by atoms with Crippen LogP contribution in [-0.4, -0.2) is 36.5 Å². The highest BCUT2D eigenvalue weighted by Crippen LogP contribution is 2.14. The van der Waals surface area contributed by atoms with Crippen molar-refractivity contribution >= 4 is 5.91 Å². The minimum absolute atomic E-state index is 0.0529. The summed E-state index contributed by atoms with van der Waals surface area (Å²) < 4.78 is 0. The standard InChI is InChI=1S/C14H28N2O/c1-11(2)10-12(3)16(4)14(17)13-8-6-5-7-9-15-13/h11-13,15H,5-10H2,1-4H3. The monoisotopic (exact) mass is 240 g/mol. The van der Waals surface area contributed by atoms with Gasteiger partial charge >= 0.3 is 0 Å². The Hall–Kier alpha value is -0.570. The SMILES string of the molecule is CC(C)CC(C)N(C)C(=O)C1CCCCCN1. The number of carbonyl (C=O) groups is 1. The average Bonchev–Trinajstić information content (AvgIpc) is 2.54. The van der Waals surface area contributed by atoms with E-state index >= 15 is 0 Å². The Bertz CT molecular complexity index is 232. The smallest absolute Gasteiger partial charge is 0.239 e. The molecule has 2 atom stereocenters. The zero-order valence-electron chi connectivity index (χ0n) is 11.8. The molecule has 1 aliphatic rings. The van der Waals surface area contributed by atoms with E-state index in [1.54, 1.807) is 0 Å². The molecule has 0 radical (unpaired) electrons. The fourth-order valence-corrected chi connectivity index (χ4v) is 2.54. The summed E-state index contributed by atoms with van der Waals surface area (Å²) in [6.45, 7) is 7.55. The van der Waals surface area contributed by atoms with Gasteiger partial charge < -0.3 is 10.2 Å². The molecule has 3 heteroatoms. The van der Waals surface area contributed by atoms with Crippen molar-refractivity contribution in [3.63, 3.8) is 0 Å². The van der Waals surface area contributed by atoms with Crippen molar-refractivity contribution in [2.24, 2.45) is 5.92 Å². The summed E-state index contributed by atoms with van der Waals surface area (Å²) in [4.78, 5) is 14.3. The molecule has 0 saturated carbocycles. The Morgan fingerprint density at radius 3 is 2.65 bits per heavy atom. The molecule has 3 nitrogen and oxygen atoms in total. The van der Waals surface area contributed by atoms with Gasteiger partial charge in [-0.2, -0.15) is 0 Å². The molecular formula is C14H28N2O. The number of likely N-dealkylation sites (N-methyl/N-ethyl adjacent to an activating group) is 1. The summed E-state index contributed by atoms with van der Waals surface area (Å²) in [5.74, 6) is 0.919. The van der Waals surface area contributed by atoms with E-state index in [1.807, 2.05) is 11.9 Å². The molecule has 1 fully saturated rings. The summed E-state index contributed by atoms with van der Waals surface area (Å²) >= 11 is 0. The van der Waals surface area contributed by atoms with Gasteiger partial charge in [-0.15, -0.1) is 0 Å². The molecule has 1 heterocycles. The van der Waals surface area contributed by atoms with Crippen LogP contribution in [0, 0.1) is 5.92 Å². The van der Waals surface area contributed by atoms with E-state index in [-0.39, 0.29) is 11.9 Å². The highest BCUT2D eigenvalue weighted by molar-refractivity contribution is 5.81. The van der Waals surface area contributed by atoms with Gasteiger partial charge in [0.05, 0.1) is 6.04 Å². The molecule has 0 aliphatic carbocycles. The van der Waals surface area contributed by atoms with Crippen LogP contribution >= 0.6 is 0 Å². The van der Waals surface area contributed by atoms with E-state index in [0.717, 1.165) is 19.4 Å². The zero-order valence-corrected chi connectivity index (χ0v) is 11.8. The lowest BCUT2D eigenvalue weighted by atomic mass is 10.0. The van der Waals surface area contributed by atoms with Gasteiger partial charge in [0.2, 0.25) is 5.91 Å². The molecule has 0 aromatic carbocycles. The van der Waals surface area contributed by atoms with Crippen LogP contribution in [0.1, 0.15) is 52.9 Å². The third-order valence-electron chi connectivity index (χ3n) is 3.68.